The first-order valence-corrected chi connectivity index (χ1v) is 9.06. The van der Waals surface area contributed by atoms with E-state index in [0.717, 1.165) is 59.5 Å². The van der Waals surface area contributed by atoms with Gasteiger partial charge in [0.05, 0.1) is 29.3 Å². The quantitative estimate of drug-likeness (QED) is 0.829. The number of hydrogen-bond donors (Lipinski definition) is 0. The normalized spacial score (nSPS) is 18.0. The summed E-state index contributed by atoms with van der Waals surface area (Å²) in [6.07, 6.45) is 4.08. The smallest absolute Gasteiger partial charge is 0.147 e. The minimum absolute atomic E-state index is 0.231. The van der Waals surface area contributed by atoms with Crippen LogP contribution in [0.2, 0.25) is 5.15 Å². The van der Waals surface area contributed by atoms with Crippen LogP contribution >= 0.6 is 11.6 Å². The molecule has 2 aromatic heterocycles. The van der Waals surface area contributed by atoms with Crippen molar-refractivity contribution in [1.82, 2.24) is 19.7 Å². The molecule has 5 nitrogen and oxygen atoms in total. The summed E-state index contributed by atoms with van der Waals surface area (Å²) in [6.45, 7) is 12.2. The van der Waals surface area contributed by atoms with Crippen LogP contribution in [-0.4, -0.2) is 26.3 Å². The van der Waals surface area contributed by atoms with Gasteiger partial charge in [0.25, 0.3) is 0 Å². The Kier molecular flexibility index (Phi) is 4.81. The summed E-state index contributed by atoms with van der Waals surface area (Å²) in [4.78, 5) is 11.5. The van der Waals surface area contributed by atoms with Crippen LogP contribution in [0.25, 0.3) is 0 Å². The second kappa shape index (κ2) is 6.71. The number of halogens is 1. The van der Waals surface area contributed by atoms with Gasteiger partial charge in [0.2, 0.25) is 0 Å². The maximum absolute atomic E-state index is 6.70. The van der Waals surface area contributed by atoms with E-state index >= 15 is 0 Å². The van der Waals surface area contributed by atoms with E-state index in [1.807, 2.05) is 24.7 Å². The summed E-state index contributed by atoms with van der Waals surface area (Å²) in [5.74, 6) is 1.45. The Labute approximate surface area is 149 Å². The molecule has 130 valence electrons. The van der Waals surface area contributed by atoms with Gasteiger partial charge in [-0.1, -0.05) is 25.4 Å². The third-order valence-corrected chi connectivity index (χ3v) is 5.11. The van der Waals surface area contributed by atoms with Crippen molar-refractivity contribution in [3.05, 3.63) is 34.0 Å². The average Bonchev–Trinajstić information content (AvgIpc) is 3.07. The standard InChI is InChI=1S/C18H26ClN5/c1-11(2)10-24-18(19)17(14(5)22-24)15-7-6-8-23(15)16-9-20-12(3)13(4)21-16/h9,11,15H,6-8,10H2,1-5H3. The highest BCUT2D eigenvalue weighted by Crippen LogP contribution is 2.39. The van der Waals surface area contributed by atoms with Crippen LogP contribution in [-0.2, 0) is 6.54 Å². The third kappa shape index (κ3) is 3.14. The van der Waals surface area contributed by atoms with E-state index < -0.39 is 0 Å². The monoisotopic (exact) mass is 347 g/mol. The second-order valence-electron chi connectivity index (χ2n) is 7.12. The Hall–Kier alpha value is -1.62. The lowest BCUT2D eigenvalue weighted by molar-refractivity contribution is 0.481. The van der Waals surface area contributed by atoms with Crippen molar-refractivity contribution < 1.29 is 0 Å². The molecule has 24 heavy (non-hydrogen) atoms. The summed E-state index contributed by atoms with van der Waals surface area (Å²) in [5, 5.41) is 5.45. The number of anilines is 1. The van der Waals surface area contributed by atoms with Gasteiger partial charge in [0.15, 0.2) is 0 Å². The number of aromatic nitrogens is 4. The van der Waals surface area contributed by atoms with Gasteiger partial charge in [-0.15, -0.1) is 0 Å². The van der Waals surface area contributed by atoms with E-state index in [1.54, 1.807) is 0 Å². The van der Waals surface area contributed by atoms with Crippen molar-refractivity contribution in [3.8, 4) is 0 Å². The Morgan fingerprint density at radius 2 is 1.96 bits per heavy atom. The van der Waals surface area contributed by atoms with Gasteiger partial charge in [-0.25, -0.2) is 4.98 Å². The Morgan fingerprint density at radius 3 is 2.62 bits per heavy atom. The van der Waals surface area contributed by atoms with E-state index in [1.165, 1.54) is 0 Å². The maximum Gasteiger partial charge on any atom is 0.147 e. The molecular weight excluding hydrogens is 322 g/mol. The zero-order valence-corrected chi connectivity index (χ0v) is 15.9. The van der Waals surface area contributed by atoms with Crippen LogP contribution in [0.5, 0.6) is 0 Å². The predicted molar refractivity (Wildman–Crippen MR) is 97.6 cm³/mol. The van der Waals surface area contributed by atoms with Gasteiger partial charge in [-0.05, 0) is 39.5 Å². The van der Waals surface area contributed by atoms with Gasteiger partial charge in [-0.3, -0.25) is 9.67 Å². The highest BCUT2D eigenvalue weighted by molar-refractivity contribution is 6.30. The lowest BCUT2D eigenvalue weighted by Crippen LogP contribution is -2.24. The Bertz CT molecular complexity index is 737. The van der Waals surface area contributed by atoms with Crippen molar-refractivity contribution in [3.63, 3.8) is 0 Å². The molecule has 0 radical (unpaired) electrons. The third-order valence-electron chi connectivity index (χ3n) is 4.71. The molecule has 1 aliphatic rings. The lowest BCUT2D eigenvalue weighted by Gasteiger charge is -2.26. The molecule has 1 atom stereocenters. The van der Waals surface area contributed by atoms with Gasteiger partial charge in [0.1, 0.15) is 11.0 Å². The van der Waals surface area contributed by atoms with Crippen LogP contribution in [0.15, 0.2) is 6.20 Å². The van der Waals surface area contributed by atoms with E-state index in [4.69, 9.17) is 16.6 Å². The zero-order chi connectivity index (χ0) is 17.4. The largest absolute Gasteiger partial charge is 0.348 e. The first kappa shape index (κ1) is 17.2. The van der Waals surface area contributed by atoms with E-state index in [2.05, 4.69) is 35.8 Å². The molecule has 1 fully saturated rings. The van der Waals surface area contributed by atoms with Crippen LogP contribution < -0.4 is 4.90 Å². The maximum atomic E-state index is 6.70. The molecule has 0 spiro atoms. The molecule has 0 saturated carbocycles. The molecule has 0 aromatic carbocycles. The molecule has 1 aliphatic heterocycles. The first-order valence-electron chi connectivity index (χ1n) is 8.68. The fourth-order valence-corrected chi connectivity index (χ4v) is 3.79. The Balaban J connectivity index is 1.96. The molecule has 0 N–H and O–H groups in total. The van der Waals surface area contributed by atoms with E-state index in [9.17, 15) is 0 Å². The lowest BCUT2D eigenvalue weighted by atomic mass is 10.1. The molecule has 0 aliphatic carbocycles. The summed E-state index contributed by atoms with van der Waals surface area (Å²) >= 11 is 6.70. The Morgan fingerprint density at radius 1 is 1.21 bits per heavy atom. The molecule has 1 saturated heterocycles. The van der Waals surface area contributed by atoms with Gasteiger partial charge < -0.3 is 4.90 Å². The summed E-state index contributed by atoms with van der Waals surface area (Å²) in [6, 6.07) is 0.231. The first-order chi connectivity index (χ1) is 11.4. The fourth-order valence-electron chi connectivity index (χ4n) is 3.42. The van der Waals surface area contributed by atoms with Crippen molar-refractivity contribution >= 4 is 17.4 Å². The highest BCUT2D eigenvalue weighted by Gasteiger charge is 2.32. The number of rotatable bonds is 4. The van der Waals surface area contributed by atoms with Crippen molar-refractivity contribution in [1.29, 1.82) is 0 Å². The topological polar surface area (TPSA) is 46.8 Å². The number of nitrogens with zero attached hydrogens (tertiary/aromatic N) is 5. The number of hydrogen-bond acceptors (Lipinski definition) is 4. The van der Waals surface area contributed by atoms with Crippen LogP contribution in [0.1, 0.15) is 55.4 Å². The second-order valence-corrected chi connectivity index (χ2v) is 7.47. The summed E-state index contributed by atoms with van der Waals surface area (Å²) in [7, 11) is 0. The molecule has 3 heterocycles. The number of aryl methyl sites for hydroxylation is 3. The highest BCUT2D eigenvalue weighted by atomic mass is 35.5. The molecule has 2 aromatic rings. The van der Waals surface area contributed by atoms with Crippen molar-refractivity contribution in [2.24, 2.45) is 5.92 Å². The van der Waals surface area contributed by atoms with E-state index in [0.29, 0.717) is 5.92 Å². The molecular formula is C18H26ClN5. The van der Waals surface area contributed by atoms with Gasteiger partial charge >= 0.3 is 0 Å². The molecule has 1 unspecified atom stereocenters. The van der Waals surface area contributed by atoms with Gasteiger partial charge in [0, 0.05) is 18.7 Å². The van der Waals surface area contributed by atoms with Crippen molar-refractivity contribution in [2.75, 3.05) is 11.4 Å². The zero-order valence-electron chi connectivity index (χ0n) is 15.2. The summed E-state index contributed by atoms with van der Waals surface area (Å²) in [5.41, 5.74) is 4.13. The SMILES string of the molecule is Cc1ncc(N2CCCC2c2c(C)nn(CC(C)C)c2Cl)nc1C. The minimum Gasteiger partial charge on any atom is -0.348 e. The van der Waals surface area contributed by atoms with Crippen LogP contribution in [0, 0.1) is 26.7 Å². The molecule has 6 heteroatoms. The molecule has 0 amide bonds. The predicted octanol–water partition coefficient (Wildman–Crippen LogP) is 4.25. The fraction of sp³-hybridized carbons (Fsp3) is 0.611. The van der Waals surface area contributed by atoms with Crippen LogP contribution in [0.4, 0.5) is 5.82 Å². The molecule has 0 bridgehead atoms. The minimum atomic E-state index is 0.231. The van der Waals surface area contributed by atoms with E-state index in [-0.39, 0.29) is 6.04 Å². The van der Waals surface area contributed by atoms with Gasteiger partial charge in [-0.2, -0.15) is 5.10 Å². The van der Waals surface area contributed by atoms with Crippen LogP contribution in [0.3, 0.4) is 0 Å². The average molecular weight is 348 g/mol. The summed E-state index contributed by atoms with van der Waals surface area (Å²) < 4.78 is 1.94. The van der Waals surface area contributed by atoms with Crippen molar-refractivity contribution in [2.45, 2.75) is 60.0 Å². The molecule has 3 rings (SSSR count).